The average molecular weight is 313 g/mol. The molecule has 1 fully saturated rings. The highest BCUT2D eigenvalue weighted by atomic mass is 79.9. The summed E-state index contributed by atoms with van der Waals surface area (Å²) in [5, 5.41) is 1.02. The summed E-state index contributed by atoms with van der Waals surface area (Å²) in [7, 11) is 0. The van der Waals surface area contributed by atoms with Crippen molar-refractivity contribution in [2.45, 2.75) is 25.7 Å². The summed E-state index contributed by atoms with van der Waals surface area (Å²) in [5.74, 6) is 2.46. The van der Waals surface area contributed by atoms with Crippen LogP contribution >= 0.6 is 15.9 Å². The number of rotatable bonds is 4. The fraction of sp³-hybridized carbons (Fsp3) is 0.571. The molecule has 3 nitrogen and oxygen atoms in total. The fourth-order valence-corrected chi connectivity index (χ4v) is 3.37. The summed E-state index contributed by atoms with van der Waals surface area (Å²) < 4.78 is 16.6. The lowest BCUT2D eigenvalue weighted by Crippen LogP contribution is -2.26. The Morgan fingerprint density at radius 3 is 2.72 bits per heavy atom. The lowest BCUT2D eigenvalue weighted by Gasteiger charge is -2.26. The maximum absolute atomic E-state index is 5.94. The van der Waals surface area contributed by atoms with Gasteiger partial charge in [-0.1, -0.05) is 28.8 Å². The van der Waals surface area contributed by atoms with Gasteiger partial charge in [-0.2, -0.15) is 0 Å². The van der Waals surface area contributed by atoms with Crippen molar-refractivity contribution < 1.29 is 14.2 Å². The summed E-state index contributed by atoms with van der Waals surface area (Å²) in [4.78, 5) is 0. The van der Waals surface area contributed by atoms with Crippen molar-refractivity contribution in [2.24, 2.45) is 5.41 Å². The number of hydrogen-bond donors (Lipinski definition) is 0. The van der Waals surface area contributed by atoms with Crippen molar-refractivity contribution in [3.8, 4) is 17.2 Å². The fourth-order valence-electron chi connectivity index (χ4n) is 2.64. The van der Waals surface area contributed by atoms with Crippen LogP contribution in [-0.2, 0) is 0 Å². The first kappa shape index (κ1) is 12.2. The second-order valence-electron chi connectivity index (χ2n) is 5.14. The highest BCUT2D eigenvalue weighted by molar-refractivity contribution is 9.09. The molecule has 4 heteroatoms. The predicted molar refractivity (Wildman–Crippen MR) is 72.8 cm³/mol. The second kappa shape index (κ2) is 5.00. The minimum atomic E-state index is 0.310. The molecule has 2 aliphatic rings. The van der Waals surface area contributed by atoms with E-state index in [2.05, 4.69) is 15.9 Å². The third-order valence-corrected chi connectivity index (χ3v) is 5.03. The van der Waals surface area contributed by atoms with Crippen LogP contribution in [0, 0.1) is 5.41 Å². The molecule has 0 spiro atoms. The van der Waals surface area contributed by atoms with E-state index in [9.17, 15) is 0 Å². The Kier molecular flexibility index (Phi) is 3.37. The number of benzene rings is 1. The van der Waals surface area contributed by atoms with Crippen molar-refractivity contribution >= 4 is 15.9 Å². The largest absolute Gasteiger partial charge is 0.493 e. The number of ether oxygens (including phenoxy) is 3. The Morgan fingerprint density at radius 2 is 1.94 bits per heavy atom. The first-order valence-corrected chi connectivity index (χ1v) is 7.52. The maximum atomic E-state index is 5.94. The predicted octanol–water partition coefficient (Wildman–Crippen LogP) is 3.75. The standard InChI is InChI=1S/C14H17BrO3/c15-8-14(5-1-2-6-14)9-16-11-3-4-12-13(7-11)18-10-17-12/h3-4,7H,1-2,5-6,8-10H2. The third kappa shape index (κ3) is 2.30. The molecule has 1 aliphatic heterocycles. The van der Waals surface area contributed by atoms with Crippen molar-refractivity contribution in [1.29, 1.82) is 0 Å². The third-order valence-electron chi connectivity index (χ3n) is 3.84. The highest BCUT2D eigenvalue weighted by Crippen LogP contribution is 2.41. The molecule has 0 radical (unpaired) electrons. The first-order valence-electron chi connectivity index (χ1n) is 6.40. The van der Waals surface area contributed by atoms with Gasteiger partial charge < -0.3 is 14.2 Å². The first-order chi connectivity index (χ1) is 8.81. The Bertz CT molecular complexity index is 427. The summed E-state index contributed by atoms with van der Waals surface area (Å²) in [6.07, 6.45) is 5.14. The van der Waals surface area contributed by atoms with Gasteiger partial charge in [-0.3, -0.25) is 0 Å². The number of fused-ring (bicyclic) bond motifs is 1. The number of hydrogen-bond acceptors (Lipinski definition) is 3. The van der Waals surface area contributed by atoms with Crippen LogP contribution in [0.3, 0.4) is 0 Å². The molecule has 0 aromatic heterocycles. The molecule has 1 heterocycles. The molecule has 98 valence electrons. The van der Waals surface area contributed by atoms with Crippen molar-refractivity contribution in [3.05, 3.63) is 18.2 Å². The molecular formula is C14H17BrO3. The molecule has 3 rings (SSSR count). The molecule has 1 saturated carbocycles. The quantitative estimate of drug-likeness (QED) is 0.792. The number of halogens is 1. The van der Waals surface area contributed by atoms with E-state index in [1.54, 1.807) is 0 Å². The lowest BCUT2D eigenvalue weighted by atomic mass is 9.90. The second-order valence-corrected chi connectivity index (χ2v) is 5.71. The van der Waals surface area contributed by atoms with Crippen LogP contribution in [-0.4, -0.2) is 18.7 Å². The Balaban J connectivity index is 1.66. The summed E-state index contributed by atoms with van der Waals surface area (Å²) >= 11 is 3.63. The molecule has 1 aliphatic carbocycles. The van der Waals surface area contributed by atoms with E-state index in [0.29, 0.717) is 12.2 Å². The van der Waals surface area contributed by atoms with Crippen molar-refractivity contribution in [3.63, 3.8) is 0 Å². The van der Waals surface area contributed by atoms with Gasteiger partial charge in [0.1, 0.15) is 5.75 Å². The van der Waals surface area contributed by atoms with E-state index in [0.717, 1.165) is 29.2 Å². The zero-order chi connectivity index (χ0) is 12.4. The Morgan fingerprint density at radius 1 is 1.17 bits per heavy atom. The van der Waals surface area contributed by atoms with Crippen LogP contribution in [0.4, 0.5) is 0 Å². The smallest absolute Gasteiger partial charge is 0.231 e. The zero-order valence-electron chi connectivity index (χ0n) is 10.3. The minimum absolute atomic E-state index is 0.310. The monoisotopic (exact) mass is 312 g/mol. The molecule has 1 aromatic rings. The molecule has 0 N–H and O–H groups in total. The lowest BCUT2D eigenvalue weighted by molar-refractivity contribution is 0.170. The molecule has 0 atom stereocenters. The molecule has 0 saturated heterocycles. The van der Waals surface area contributed by atoms with Gasteiger partial charge in [-0.15, -0.1) is 0 Å². The zero-order valence-corrected chi connectivity index (χ0v) is 11.9. The molecule has 0 unspecified atom stereocenters. The number of alkyl halides is 1. The van der Waals surface area contributed by atoms with Crippen molar-refractivity contribution in [2.75, 3.05) is 18.7 Å². The Labute approximate surface area is 116 Å². The van der Waals surface area contributed by atoms with Crippen LogP contribution in [0.15, 0.2) is 18.2 Å². The van der Waals surface area contributed by atoms with Crippen LogP contribution in [0.2, 0.25) is 0 Å². The van der Waals surface area contributed by atoms with Gasteiger partial charge in [0.05, 0.1) is 6.61 Å². The molecule has 0 amide bonds. The van der Waals surface area contributed by atoms with Gasteiger partial charge in [0, 0.05) is 16.8 Å². The van der Waals surface area contributed by atoms with Gasteiger partial charge in [0.2, 0.25) is 6.79 Å². The van der Waals surface area contributed by atoms with Gasteiger partial charge in [-0.05, 0) is 25.0 Å². The molecule has 18 heavy (non-hydrogen) atoms. The van der Waals surface area contributed by atoms with E-state index in [4.69, 9.17) is 14.2 Å². The summed E-state index contributed by atoms with van der Waals surface area (Å²) in [6, 6.07) is 5.77. The Hall–Kier alpha value is -0.900. The summed E-state index contributed by atoms with van der Waals surface area (Å²) in [5.41, 5.74) is 0.316. The van der Waals surface area contributed by atoms with E-state index in [1.165, 1.54) is 25.7 Å². The topological polar surface area (TPSA) is 27.7 Å². The van der Waals surface area contributed by atoms with E-state index >= 15 is 0 Å². The van der Waals surface area contributed by atoms with E-state index < -0.39 is 0 Å². The highest BCUT2D eigenvalue weighted by Gasteiger charge is 2.33. The van der Waals surface area contributed by atoms with E-state index in [1.807, 2.05) is 18.2 Å². The van der Waals surface area contributed by atoms with Crippen LogP contribution in [0.5, 0.6) is 17.2 Å². The SMILES string of the molecule is BrCC1(COc2ccc3c(c2)OCO3)CCCC1. The minimum Gasteiger partial charge on any atom is -0.493 e. The van der Waals surface area contributed by atoms with Crippen LogP contribution < -0.4 is 14.2 Å². The van der Waals surface area contributed by atoms with Crippen LogP contribution in [0.1, 0.15) is 25.7 Å². The van der Waals surface area contributed by atoms with Gasteiger partial charge in [-0.25, -0.2) is 0 Å². The average Bonchev–Trinajstić information content (AvgIpc) is 3.05. The maximum Gasteiger partial charge on any atom is 0.231 e. The summed E-state index contributed by atoms with van der Waals surface area (Å²) in [6.45, 7) is 1.09. The van der Waals surface area contributed by atoms with Gasteiger partial charge >= 0.3 is 0 Å². The van der Waals surface area contributed by atoms with E-state index in [-0.39, 0.29) is 0 Å². The van der Waals surface area contributed by atoms with Gasteiger partial charge in [0.25, 0.3) is 0 Å². The molecular weight excluding hydrogens is 296 g/mol. The molecule has 0 bridgehead atoms. The van der Waals surface area contributed by atoms with Crippen LogP contribution in [0.25, 0.3) is 0 Å². The van der Waals surface area contributed by atoms with Crippen molar-refractivity contribution in [1.82, 2.24) is 0 Å². The van der Waals surface area contributed by atoms with Gasteiger partial charge in [0.15, 0.2) is 11.5 Å². The molecule has 1 aromatic carbocycles. The normalized spacial score (nSPS) is 20.1.